The number of benzene rings is 1. The number of aromatic nitrogens is 3. The molecule has 1 fully saturated rings. The second-order valence-electron chi connectivity index (χ2n) is 6.27. The molecule has 5 heteroatoms. The molecule has 1 atom stereocenters. The summed E-state index contributed by atoms with van der Waals surface area (Å²) in [6.45, 7) is 0.765. The SMILES string of the molecule is Cn1c(C2CCCCN2C(=O)c2cccnc2)nc2ccccc21. The molecule has 0 saturated carbocycles. The van der Waals surface area contributed by atoms with E-state index in [1.54, 1.807) is 18.5 Å². The van der Waals surface area contributed by atoms with Crippen LogP contribution < -0.4 is 0 Å². The van der Waals surface area contributed by atoms with Crippen LogP contribution in [0.1, 0.15) is 41.5 Å². The number of likely N-dealkylation sites (tertiary alicyclic amines) is 1. The molecule has 24 heavy (non-hydrogen) atoms. The van der Waals surface area contributed by atoms with Crippen molar-refractivity contribution in [1.82, 2.24) is 19.4 Å². The largest absolute Gasteiger partial charge is 0.329 e. The van der Waals surface area contributed by atoms with E-state index < -0.39 is 0 Å². The molecule has 3 aromatic rings. The van der Waals surface area contributed by atoms with Crippen LogP contribution in [0.3, 0.4) is 0 Å². The van der Waals surface area contributed by atoms with Crippen molar-refractivity contribution >= 4 is 16.9 Å². The Hall–Kier alpha value is -2.69. The molecule has 0 spiro atoms. The average Bonchev–Trinajstić information content (AvgIpc) is 2.99. The Kier molecular flexibility index (Phi) is 3.76. The van der Waals surface area contributed by atoms with Gasteiger partial charge in [0, 0.05) is 26.0 Å². The number of aryl methyl sites for hydroxylation is 1. The van der Waals surface area contributed by atoms with Crippen LogP contribution in [0.5, 0.6) is 0 Å². The third-order valence-electron chi connectivity index (χ3n) is 4.79. The van der Waals surface area contributed by atoms with E-state index >= 15 is 0 Å². The van der Waals surface area contributed by atoms with Gasteiger partial charge in [0.2, 0.25) is 0 Å². The quantitative estimate of drug-likeness (QED) is 0.728. The van der Waals surface area contributed by atoms with Crippen molar-refractivity contribution in [1.29, 1.82) is 0 Å². The van der Waals surface area contributed by atoms with Gasteiger partial charge in [-0.15, -0.1) is 0 Å². The Morgan fingerprint density at radius 2 is 2.04 bits per heavy atom. The standard InChI is InChI=1S/C19H20N4O/c1-22-16-9-3-2-8-15(16)21-18(22)17-10-4-5-12-23(17)19(24)14-7-6-11-20-13-14/h2-3,6-9,11,13,17H,4-5,10,12H2,1H3. The molecule has 1 aromatic carbocycles. The first-order chi connectivity index (χ1) is 11.8. The van der Waals surface area contributed by atoms with Crippen LogP contribution in [0.2, 0.25) is 0 Å². The molecule has 0 N–H and O–H groups in total. The number of carbonyl (C=O) groups is 1. The van der Waals surface area contributed by atoms with Gasteiger partial charge >= 0.3 is 0 Å². The van der Waals surface area contributed by atoms with Gasteiger partial charge in [0.25, 0.3) is 5.91 Å². The number of pyridine rings is 1. The van der Waals surface area contributed by atoms with Crippen LogP contribution in [-0.2, 0) is 7.05 Å². The fourth-order valence-electron chi connectivity index (χ4n) is 3.56. The lowest BCUT2D eigenvalue weighted by atomic mass is 10.0. The van der Waals surface area contributed by atoms with Gasteiger partial charge in [-0.3, -0.25) is 9.78 Å². The molecule has 3 heterocycles. The Morgan fingerprint density at radius 1 is 1.17 bits per heavy atom. The van der Waals surface area contributed by atoms with Gasteiger partial charge in [-0.2, -0.15) is 0 Å². The summed E-state index contributed by atoms with van der Waals surface area (Å²) < 4.78 is 2.12. The molecule has 1 amide bonds. The van der Waals surface area contributed by atoms with Crippen molar-refractivity contribution in [3.05, 3.63) is 60.2 Å². The molecule has 0 radical (unpaired) electrons. The van der Waals surface area contributed by atoms with E-state index in [1.165, 1.54) is 0 Å². The minimum absolute atomic E-state index is 0.0175. The van der Waals surface area contributed by atoms with Gasteiger partial charge in [0.1, 0.15) is 5.82 Å². The van der Waals surface area contributed by atoms with Crippen molar-refractivity contribution in [2.45, 2.75) is 25.3 Å². The van der Waals surface area contributed by atoms with E-state index in [9.17, 15) is 4.79 Å². The lowest BCUT2D eigenvalue weighted by Gasteiger charge is -2.35. The van der Waals surface area contributed by atoms with Crippen molar-refractivity contribution in [2.75, 3.05) is 6.54 Å². The van der Waals surface area contributed by atoms with Gasteiger partial charge in [-0.1, -0.05) is 12.1 Å². The van der Waals surface area contributed by atoms with E-state index in [0.29, 0.717) is 5.56 Å². The van der Waals surface area contributed by atoms with Crippen molar-refractivity contribution in [2.24, 2.45) is 7.05 Å². The van der Waals surface area contributed by atoms with Gasteiger partial charge in [-0.25, -0.2) is 4.98 Å². The number of imidazole rings is 1. The second-order valence-corrected chi connectivity index (χ2v) is 6.27. The highest BCUT2D eigenvalue weighted by molar-refractivity contribution is 5.94. The summed E-state index contributed by atoms with van der Waals surface area (Å²) in [6.07, 6.45) is 6.43. The molecule has 1 saturated heterocycles. The van der Waals surface area contributed by atoms with Crippen LogP contribution in [-0.4, -0.2) is 31.9 Å². The number of nitrogens with zero attached hydrogens (tertiary/aromatic N) is 4. The van der Waals surface area contributed by atoms with Crippen LogP contribution in [0.15, 0.2) is 48.8 Å². The minimum atomic E-state index is 0.0175. The normalized spacial score (nSPS) is 18.0. The molecule has 1 aliphatic rings. The summed E-state index contributed by atoms with van der Waals surface area (Å²) in [4.78, 5) is 23.8. The number of fused-ring (bicyclic) bond motifs is 1. The van der Waals surface area contributed by atoms with E-state index in [4.69, 9.17) is 4.98 Å². The summed E-state index contributed by atoms with van der Waals surface area (Å²) in [6, 6.07) is 11.8. The highest BCUT2D eigenvalue weighted by atomic mass is 16.2. The molecule has 122 valence electrons. The maximum absolute atomic E-state index is 13.0. The predicted molar refractivity (Wildman–Crippen MR) is 92.6 cm³/mol. The maximum atomic E-state index is 13.0. The summed E-state index contributed by atoms with van der Waals surface area (Å²) in [7, 11) is 2.03. The van der Waals surface area contributed by atoms with Crippen LogP contribution in [0, 0.1) is 0 Å². The van der Waals surface area contributed by atoms with Crippen LogP contribution in [0.4, 0.5) is 0 Å². The summed E-state index contributed by atoms with van der Waals surface area (Å²) in [5, 5.41) is 0. The van der Waals surface area contributed by atoms with E-state index in [0.717, 1.165) is 42.7 Å². The fraction of sp³-hybridized carbons (Fsp3) is 0.316. The molecule has 0 bridgehead atoms. The summed E-state index contributed by atoms with van der Waals surface area (Å²) in [5.41, 5.74) is 2.73. The molecule has 5 nitrogen and oxygen atoms in total. The van der Waals surface area contributed by atoms with Crippen LogP contribution >= 0.6 is 0 Å². The minimum Gasteiger partial charge on any atom is -0.329 e. The van der Waals surface area contributed by atoms with Crippen molar-refractivity contribution in [3.8, 4) is 0 Å². The van der Waals surface area contributed by atoms with Gasteiger partial charge < -0.3 is 9.47 Å². The highest BCUT2D eigenvalue weighted by Crippen LogP contribution is 2.32. The number of para-hydroxylation sites is 2. The molecule has 4 rings (SSSR count). The Morgan fingerprint density at radius 3 is 2.83 bits per heavy atom. The molecule has 1 unspecified atom stereocenters. The second kappa shape index (κ2) is 6.07. The smallest absolute Gasteiger partial charge is 0.256 e. The van der Waals surface area contributed by atoms with E-state index in [2.05, 4.69) is 15.6 Å². The van der Waals surface area contributed by atoms with E-state index in [-0.39, 0.29) is 11.9 Å². The van der Waals surface area contributed by atoms with Crippen molar-refractivity contribution in [3.63, 3.8) is 0 Å². The molecule has 0 aliphatic carbocycles. The van der Waals surface area contributed by atoms with Crippen molar-refractivity contribution < 1.29 is 4.79 Å². The lowest BCUT2D eigenvalue weighted by Crippen LogP contribution is -2.39. The zero-order valence-electron chi connectivity index (χ0n) is 13.7. The molecule has 1 aliphatic heterocycles. The fourth-order valence-corrected chi connectivity index (χ4v) is 3.56. The first-order valence-corrected chi connectivity index (χ1v) is 8.38. The van der Waals surface area contributed by atoms with Gasteiger partial charge in [0.15, 0.2) is 0 Å². The predicted octanol–water partition coefficient (Wildman–Crippen LogP) is 3.34. The maximum Gasteiger partial charge on any atom is 0.256 e. The highest BCUT2D eigenvalue weighted by Gasteiger charge is 2.31. The lowest BCUT2D eigenvalue weighted by molar-refractivity contribution is 0.0596. The Bertz CT molecular complexity index is 871. The molecule has 2 aromatic heterocycles. The topological polar surface area (TPSA) is 51.0 Å². The first kappa shape index (κ1) is 14.9. The number of carbonyl (C=O) groups excluding carboxylic acids is 1. The summed E-state index contributed by atoms with van der Waals surface area (Å²) >= 11 is 0. The molecular formula is C19H20N4O. The number of piperidine rings is 1. The van der Waals surface area contributed by atoms with Gasteiger partial charge in [-0.05, 0) is 43.5 Å². The number of amides is 1. The third-order valence-corrected chi connectivity index (χ3v) is 4.79. The number of hydrogen-bond donors (Lipinski definition) is 0. The van der Waals surface area contributed by atoms with E-state index in [1.807, 2.05) is 36.2 Å². The van der Waals surface area contributed by atoms with Crippen LogP contribution in [0.25, 0.3) is 11.0 Å². The Balaban J connectivity index is 1.74. The average molecular weight is 320 g/mol. The zero-order chi connectivity index (χ0) is 16.5. The molecular weight excluding hydrogens is 300 g/mol. The first-order valence-electron chi connectivity index (χ1n) is 8.38. The third kappa shape index (κ3) is 2.46. The Labute approximate surface area is 140 Å². The zero-order valence-corrected chi connectivity index (χ0v) is 13.7. The summed E-state index contributed by atoms with van der Waals surface area (Å²) in [5.74, 6) is 1.01. The number of hydrogen-bond acceptors (Lipinski definition) is 3. The monoisotopic (exact) mass is 320 g/mol. The number of rotatable bonds is 2. The van der Waals surface area contributed by atoms with Gasteiger partial charge in [0.05, 0.1) is 22.6 Å².